The van der Waals surface area contributed by atoms with Crippen LogP contribution in [0.25, 0.3) is 0 Å². The summed E-state index contributed by atoms with van der Waals surface area (Å²) < 4.78 is 10.4. The summed E-state index contributed by atoms with van der Waals surface area (Å²) in [5.74, 6) is -0.480. The molecule has 0 aromatic heterocycles. The molecule has 1 heterocycles. The Hall–Kier alpha value is -1.33. The second kappa shape index (κ2) is 9.64. The molecule has 0 fully saturated rings. The fraction of sp³-hybridized carbons (Fsp3) is 0.706. The van der Waals surface area contributed by atoms with Crippen LogP contribution in [0.1, 0.15) is 40.0 Å². The highest BCUT2D eigenvalue weighted by Gasteiger charge is 2.24. The third-order valence-corrected chi connectivity index (χ3v) is 3.88. The van der Waals surface area contributed by atoms with Crippen molar-refractivity contribution in [3.05, 3.63) is 12.2 Å². The van der Waals surface area contributed by atoms with E-state index in [0.717, 1.165) is 0 Å². The van der Waals surface area contributed by atoms with E-state index in [2.05, 4.69) is 0 Å². The first kappa shape index (κ1) is 18.7. The minimum Gasteiger partial charge on any atom is -0.355 e. The standard InChI is InChI=1S/C17H26O5/c1-12(7-16(14(3)19)8-13(2)18)17(20)9-15-5-4-6-21-11-22-10-15/h4-5,12,15-16H,6-11H2,1-3H3/b5-4+. The predicted octanol–water partition coefficient (Wildman–Crippen LogP) is 2.33. The Morgan fingerprint density at radius 2 is 1.95 bits per heavy atom. The Labute approximate surface area is 132 Å². The summed E-state index contributed by atoms with van der Waals surface area (Å²) in [6.07, 6.45) is 4.90. The van der Waals surface area contributed by atoms with Gasteiger partial charge in [0.1, 0.15) is 24.1 Å². The maximum absolute atomic E-state index is 12.3. The zero-order chi connectivity index (χ0) is 16.5. The zero-order valence-electron chi connectivity index (χ0n) is 13.7. The molecule has 5 heteroatoms. The van der Waals surface area contributed by atoms with E-state index in [4.69, 9.17) is 9.47 Å². The van der Waals surface area contributed by atoms with Gasteiger partial charge in [0.2, 0.25) is 0 Å². The molecule has 1 aliphatic heterocycles. The van der Waals surface area contributed by atoms with Crippen molar-refractivity contribution in [2.45, 2.75) is 40.0 Å². The summed E-state index contributed by atoms with van der Waals surface area (Å²) in [4.78, 5) is 35.2. The molecule has 0 radical (unpaired) electrons. The average molecular weight is 310 g/mol. The highest BCUT2D eigenvalue weighted by atomic mass is 16.7. The highest BCUT2D eigenvalue weighted by Crippen LogP contribution is 2.21. The summed E-state index contributed by atoms with van der Waals surface area (Å²) in [6, 6.07) is 0. The van der Waals surface area contributed by atoms with E-state index < -0.39 is 0 Å². The first-order valence-corrected chi connectivity index (χ1v) is 7.75. The quantitative estimate of drug-likeness (QED) is 0.644. The van der Waals surface area contributed by atoms with Gasteiger partial charge in [0.15, 0.2) is 0 Å². The molecule has 3 atom stereocenters. The molecule has 0 aromatic rings. The van der Waals surface area contributed by atoms with E-state index in [-0.39, 0.29) is 48.3 Å². The predicted molar refractivity (Wildman–Crippen MR) is 82.3 cm³/mol. The average Bonchev–Trinajstić information content (AvgIpc) is 2.39. The highest BCUT2D eigenvalue weighted by molar-refractivity contribution is 5.87. The third-order valence-electron chi connectivity index (χ3n) is 3.88. The Morgan fingerprint density at radius 3 is 2.59 bits per heavy atom. The number of ketones is 3. The van der Waals surface area contributed by atoms with Crippen molar-refractivity contribution in [2.24, 2.45) is 17.8 Å². The number of Topliss-reactive ketones (excluding diaryl/α,β-unsaturated/α-hetero) is 3. The van der Waals surface area contributed by atoms with Crippen LogP contribution < -0.4 is 0 Å². The molecular formula is C17H26O5. The van der Waals surface area contributed by atoms with E-state index in [1.807, 2.05) is 19.1 Å². The molecule has 0 spiro atoms. The van der Waals surface area contributed by atoms with Gasteiger partial charge in [-0.2, -0.15) is 0 Å². The summed E-state index contributed by atoms with van der Waals surface area (Å²) >= 11 is 0. The van der Waals surface area contributed by atoms with E-state index in [9.17, 15) is 14.4 Å². The van der Waals surface area contributed by atoms with Crippen molar-refractivity contribution in [1.29, 1.82) is 0 Å². The molecular weight excluding hydrogens is 284 g/mol. The van der Waals surface area contributed by atoms with Gasteiger partial charge in [-0.15, -0.1) is 0 Å². The minimum absolute atomic E-state index is 0.0174. The van der Waals surface area contributed by atoms with Gasteiger partial charge in [0.25, 0.3) is 0 Å². The van der Waals surface area contributed by atoms with E-state index in [0.29, 0.717) is 26.1 Å². The smallest absolute Gasteiger partial charge is 0.147 e. The number of hydrogen-bond acceptors (Lipinski definition) is 5. The SMILES string of the molecule is CC(=O)CC(CC(C)C(=O)CC1/C=C/COCOC1)C(C)=O. The van der Waals surface area contributed by atoms with E-state index >= 15 is 0 Å². The molecule has 0 saturated carbocycles. The first-order valence-electron chi connectivity index (χ1n) is 7.75. The molecule has 0 amide bonds. The maximum Gasteiger partial charge on any atom is 0.147 e. The molecule has 0 bridgehead atoms. The fourth-order valence-corrected chi connectivity index (χ4v) is 2.56. The van der Waals surface area contributed by atoms with Crippen LogP contribution in [0, 0.1) is 17.8 Å². The van der Waals surface area contributed by atoms with Crippen LogP contribution >= 0.6 is 0 Å². The lowest BCUT2D eigenvalue weighted by molar-refractivity contribution is -0.129. The lowest BCUT2D eigenvalue weighted by Gasteiger charge is -2.20. The normalized spacial score (nSPS) is 23.0. The van der Waals surface area contributed by atoms with Gasteiger partial charge in [0.05, 0.1) is 13.2 Å². The molecule has 3 unspecified atom stereocenters. The van der Waals surface area contributed by atoms with E-state index in [1.165, 1.54) is 13.8 Å². The maximum atomic E-state index is 12.3. The van der Waals surface area contributed by atoms with Gasteiger partial charge >= 0.3 is 0 Å². The van der Waals surface area contributed by atoms with Crippen molar-refractivity contribution in [3.8, 4) is 0 Å². The lowest BCUT2D eigenvalue weighted by atomic mass is 9.85. The number of rotatable bonds is 8. The van der Waals surface area contributed by atoms with Crippen LogP contribution in [-0.2, 0) is 23.9 Å². The number of ether oxygens (including phenoxy) is 2. The second-order valence-corrected chi connectivity index (χ2v) is 6.07. The Bertz CT molecular complexity index is 427. The van der Waals surface area contributed by atoms with Crippen molar-refractivity contribution in [1.82, 2.24) is 0 Å². The first-order chi connectivity index (χ1) is 10.4. The van der Waals surface area contributed by atoms with Crippen molar-refractivity contribution >= 4 is 17.3 Å². The molecule has 0 saturated heterocycles. The largest absolute Gasteiger partial charge is 0.355 e. The van der Waals surface area contributed by atoms with Crippen LogP contribution in [-0.4, -0.2) is 37.4 Å². The minimum atomic E-state index is -0.353. The molecule has 0 aromatic carbocycles. The van der Waals surface area contributed by atoms with Crippen molar-refractivity contribution in [2.75, 3.05) is 20.0 Å². The van der Waals surface area contributed by atoms with Crippen LogP contribution in [0.15, 0.2) is 12.2 Å². The molecule has 5 nitrogen and oxygen atoms in total. The molecule has 0 aliphatic carbocycles. The summed E-state index contributed by atoms with van der Waals surface area (Å²) in [5, 5.41) is 0. The Kier molecular flexibility index (Phi) is 8.20. The number of carbonyl (C=O) groups is 3. The number of hydrogen-bond donors (Lipinski definition) is 0. The third kappa shape index (κ3) is 7.09. The molecule has 1 aliphatic rings. The van der Waals surface area contributed by atoms with Gasteiger partial charge < -0.3 is 14.3 Å². The topological polar surface area (TPSA) is 69.7 Å². The molecule has 22 heavy (non-hydrogen) atoms. The van der Waals surface area contributed by atoms with Gasteiger partial charge in [-0.25, -0.2) is 0 Å². The summed E-state index contributed by atoms with van der Waals surface area (Å²) in [5.41, 5.74) is 0. The van der Waals surface area contributed by atoms with E-state index in [1.54, 1.807) is 0 Å². The lowest BCUT2D eigenvalue weighted by Crippen LogP contribution is -2.24. The second-order valence-electron chi connectivity index (χ2n) is 6.07. The Balaban J connectivity index is 2.53. The summed E-state index contributed by atoms with van der Waals surface area (Å²) in [6.45, 7) is 5.98. The summed E-state index contributed by atoms with van der Waals surface area (Å²) in [7, 11) is 0. The van der Waals surface area contributed by atoms with Gasteiger partial charge in [-0.1, -0.05) is 19.1 Å². The molecule has 124 valence electrons. The monoisotopic (exact) mass is 310 g/mol. The fourth-order valence-electron chi connectivity index (χ4n) is 2.56. The molecule has 1 rings (SSSR count). The van der Waals surface area contributed by atoms with Gasteiger partial charge in [-0.05, 0) is 20.3 Å². The van der Waals surface area contributed by atoms with Crippen LogP contribution in [0.3, 0.4) is 0 Å². The molecule has 0 N–H and O–H groups in total. The van der Waals surface area contributed by atoms with Crippen molar-refractivity contribution < 1.29 is 23.9 Å². The van der Waals surface area contributed by atoms with Crippen LogP contribution in [0.4, 0.5) is 0 Å². The van der Waals surface area contributed by atoms with Gasteiger partial charge in [0, 0.05) is 30.6 Å². The van der Waals surface area contributed by atoms with Crippen LogP contribution in [0.5, 0.6) is 0 Å². The zero-order valence-corrected chi connectivity index (χ0v) is 13.7. The van der Waals surface area contributed by atoms with Crippen molar-refractivity contribution in [3.63, 3.8) is 0 Å². The van der Waals surface area contributed by atoms with Crippen LogP contribution in [0.2, 0.25) is 0 Å². The van der Waals surface area contributed by atoms with Gasteiger partial charge in [-0.3, -0.25) is 9.59 Å². The number of carbonyl (C=O) groups excluding carboxylic acids is 3. The Morgan fingerprint density at radius 1 is 1.23 bits per heavy atom.